The van der Waals surface area contributed by atoms with Gasteiger partial charge < -0.3 is 9.84 Å². The molecule has 0 fully saturated rings. The lowest BCUT2D eigenvalue weighted by Gasteiger charge is -2.47. The van der Waals surface area contributed by atoms with Gasteiger partial charge in [0, 0.05) is 23.7 Å². The van der Waals surface area contributed by atoms with Crippen molar-refractivity contribution in [1.82, 2.24) is 0 Å². The Bertz CT molecular complexity index is 1140. The lowest BCUT2D eigenvalue weighted by atomic mass is 9.54. The first-order chi connectivity index (χ1) is 14.2. The van der Waals surface area contributed by atoms with Crippen molar-refractivity contribution < 1.29 is 14.6 Å². The van der Waals surface area contributed by atoms with Crippen LogP contribution in [0.25, 0.3) is 5.57 Å². The van der Waals surface area contributed by atoms with E-state index in [9.17, 15) is 9.90 Å². The van der Waals surface area contributed by atoms with E-state index in [-0.39, 0.29) is 35.2 Å². The second-order valence-corrected chi connectivity index (χ2v) is 8.12. The van der Waals surface area contributed by atoms with Gasteiger partial charge in [-0.15, -0.1) is 0 Å². The van der Waals surface area contributed by atoms with Crippen LogP contribution < -0.4 is 4.74 Å². The highest BCUT2D eigenvalue weighted by Crippen LogP contribution is 2.63. The van der Waals surface area contributed by atoms with Crippen molar-refractivity contribution in [2.75, 3.05) is 7.11 Å². The van der Waals surface area contributed by atoms with E-state index in [1.165, 1.54) is 22.3 Å². The minimum absolute atomic E-state index is 0.0112. The highest BCUT2D eigenvalue weighted by atomic mass is 16.5. The highest BCUT2D eigenvalue weighted by molar-refractivity contribution is 6.25. The van der Waals surface area contributed by atoms with Crippen molar-refractivity contribution in [2.24, 2.45) is 11.8 Å². The van der Waals surface area contributed by atoms with Gasteiger partial charge in [0.1, 0.15) is 11.5 Å². The van der Waals surface area contributed by atoms with E-state index >= 15 is 0 Å². The quantitative estimate of drug-likeness (QED) is 0.675. The average Bonchev–Trinajstić information content (AvgIpc) is 3.04. The fourth-order valence-electron chi connectivity index (χ4n) is 5.83. The summed E-state index contributed by atoms with van der Waals surface area (Å²) in [6.45, 7) is 0. The zero-order valence-electron chi connectivity index (χ0n) is 16.0. The molecule has 0 aromatic heterocycles. The van der Waals surface area contributed by atoms with Gasteiger partial charge in [0.05, 0.1) is 12.7 Å². The van der Waals surface area contributed by atoms with Crippen LogP contribution >= 0.6 is 0 Å². The van der Waals surface area contributed by atoms with Gasteiger partial charge in [0.15, 0.2) is 5.78 Å². The first kappa shape index (κ1) is 16.6. The van der Waals surface area contributed by atoms with Crippen LogP contribution in [0.3, 0.4) is 0 Å². The highest BCUT2D eigenvalue weighted by Gasteiger charge is 2.58. The Morgan fingerprint density at radius 3 is 1.69 bits per heavy atom. The SMILES string of the molecule is COc1ccc(C2=C(O)C3C4c5ccccc5C(c5ccccc54)[C@H]3C2=O)cc1. The fraction of sp³-hybridized carbons (Fsp3) is 0.192. The third kappa shape index (κ3) is 2.05. The fourth-order valence-corrected chi connectivity index (χ4v) is 5.83. The molecular weight excluding hydrogens is 360 g/mol. The third-order valence-electron chi connectivity index (χ3n) is 6.94. The van der Waals surface area contributed by atoms with Gasteiger partial charge >= 0.3 is 0 Å². The van der Waals surface area contributed by atoms with Crippen LogP contribution in [-0.4, -0.2) is 18.0 Å². The molecule has 2 bridgehead atoms. The molecule has 2 atom stereocenters. The van der Waals surface area contributed by atoms with E-state index in [4.69, 9.17) is 4.74 Å². The summed E-state index contributed by atoms with van der Waals surface area (Å²) in [6.07, 6.45) is 0. The van der Waals surface area contributed by atoms with Crippen molar-refractivity contribution in [2.45, 2.75) is 11.8 Å². The van der Waals surface area contributed by atoms with Crippen LogP contribution in [0.2, 0.25) is 0 Å². The Morgan fingerprint density at radius 1 is 0.724 bits per heavy atom. The molecule has 4 aliphatic carbocycles. The number of hydrogen-bond acceptors (Lipinski definition) is 3. The summed E-state index contributed by atoms with van der Waals surface area (Å²) in [5.74, 6) is 0.577. The number of hydrogen-bond donors (Lipinski definition) is 1. The molecule has 7 rings (SSSR count). The van der Waals surface area contributed by atoms with E-state index in [1.54, 1.807) is 7.11 Å². The number of aliphatic hydroxyl groups is 1. The Morgan fingerprint density at radius 2 is 1.21 bits per heavy atom. The summed E-state index contributed by atoms with van der Waals surface area (Å²) in [4.78, 5) is 13.7. The molecule has 3 aromatic carbocycles. The van der Waals surface area contributed by atoms with Gasteiger partial charge in [-0.3, -0.25) is 4.79 Å². The van der Waals surface area contributed by atoms with Crippen molar-refractivity contribution in [3.8, 4) is 5.75 Å². The number of Topliss-reactive ketones (excluding diaryl/α,β-unsaturated/α-hetero) is 1. The summed E-state index contributed by atoms with van der Waals surface area (Å²) in [6, 6.07) is 24.2. The Kier molecular flexibility index (Phi) is 3.34. The monoisotopic (exact) mass is 380 g/mol. The van der Waals surface area contributed by atoms with Crippen molar-refractivity contribution in [3.63, 3.8) is 0 Å². The third-order valence-corrected chi connectivity index (χ3v) is 6.94. The van der Waals surface area contributed by atoms with E-state index in [2.05, 4.69) is 36.4 Å². The molecule has 3 nitrogen and oxygen atoms in total. The smallest absolute Gasteiger partial charge is 0.171 e. The molecule has 0 amide bonds. The van der Waals surface area contributed by atoms with E-state index in [0.717, 1.165) is 11.3 Å². The lowest BCUT2D eigenvalue weighted by Crippen LogP contribution is -2.41. The van der Waals surface area contributed by atoms with Gasteiger partial charge in [-0.25, -0.2) is 0 Å². The average molecular weight is 380 g/mol. The number of allylic oxidation sites excluding steroid dienone is 2. The van der Waals surface area contributed by atoms with Crippen LogP contribution in [-0.2, 0) is 4.79 Å². The van der Waals surface area contributed by atoms with Gasteiger partial charge in [0.2, 0.25) is 0 Å². The number of carbonyl (C=O) groups excluding carboxylic acids is 1. The van der Waals surface area contributed by atoms with Crippen molar-refractivity contribution >= 4 is 11.4 Å². The normalized spacial score (nSPS) is 26.2. The maximum atomic E-state index is 13.7. The number of benzene rings is 3. The number of ketones is 1. The first-order valence-electron chi connectivity index (χ1n) is 10.00. The Balaban J connectivity index is 1.57. The number of carbonyl (C=O) groups is 1. The van der Waals surface area contributed by atoms with E-state index < -0.39 is 0 Å². The predicted octanol–water partition coefficient (Wildman–Crippen LogP) is 5.07. The molecule has 0 heterocycles. The molecule has 4 aliphatic rings. The first-order valence-corrected chi connectivity index (χ1v) is 10.00. The topological polar surface area (TPSA) is 46.5 Å². The predicted molar refractivity (Wildman–Crippen MR) is 111 cm³/mol. The summed E-state index contributed by atoms with van der Waals surface area (Å²) >= 11 is 0. The minimum Gasteiger partial charge on any atom is -0.511 e. The largest absolute Gasteiger partial charge is 0.511 e. The maximum Gasteiger partial charge on any atom is 0.171 e. The molecule has 0 saturated carbocycles. The number of rotatable bonds is 2. The second-order valence-electron chi connectivity index (χ2n) is 8.12. The number of methoxy groups -OCH3 is 1. The van der Waals surface area contributed by atoms with Crippen LogP contribution in [0.4, 0.5) is 0 Å². The molecular formula is C26H20O3. The van der Waals surface area contributed by atoms with Gasteiger partial charge in [-0.2, -0.15) is 0 Å². The van der Waals surface area contributed by atoms with Crippen LogP contribution in [0.15, 0.2) is 78.6 Å². The van der Waals surface area contributed by atoms with Crippen molar-refractivity contribution in [1.29, 1.82) is 0 Å². The molecule has 0 radical (unpaired) electrons. The summed E-state index contributed by atoms with van der Waals surface area (Å²) in [7, 11) is 1.62. The Hall–Kier alpha value is -3.33. The molecule has 1 unspecified atom stereocenters. The van der Waals surface area contributed by atoms with Crippen LogP contribution in [0.1, 0.15) is 39.7 Å². The van der Waals surface area contributed by atoms with Crippen LogP contribution in [0, 0.1) is 11.8 Å². The lowest BCUT2D eigenvalue weighted by molar-refractivity contribution is -0.118. The zero-order valence-corrected chi connectivity index (χ0v) is 16.0. The maximum absolute atomic E-state index is 13.7. The van der Waals surface area contributed by atoms with Gasteiger partial charge in [-0.05, 0) is 39.9 Å². The minimum atomic E-state index is -0.248. The molecule has 3 heteroatoms. The van der Waals surface area contributed by atoms with E-state index in [1.807, 2.05) is 36.4 Å². The molecule has 1 N–H and O–H groups in total. The molecule has 0 spiro atoms. The standard InChI is InChI=1S/C26H20O3/c1-29-15-12-10-14(11-13-15)20-25(27)23-21-16-6-2-3-7-17(16)22(24(23)26(20)28)19-9-5-4-8-18(19)21/h2-13,21-24,27H,1H3/t21?,22?,23?,24-/m1/s1. The van der Waals surface area contributed by atoms with Gasteiger partial charge in [-0.1, -0.05) is 60.7 Å². The Labute approximate surface area is 169 Å². The van der Waals surface area contributed by atoms with Gasteiger partial charge in [0.25, 0.3) is 0 Å². The number of ether oxygens (including phenoxy) is 1. The molecule has 0 aliphatic heterocycles. The molecule has 142 valence electrons. The number of aliphatic hydroxyl groups excluding tert-OH is 1. The molecule has 0 saturated heterocycles. The second kappa shape index (κ2) is 5.84. The van der Waals surface area contributed by atoms with E-state index in [0.29, 0.717) is 5.57 Å². The summed E-state index contributed by atoms with van der Waals surface area (Å²) in [5.41, 5.74) is 6.18. The summed E-state index contributed by atoms with van der Waals surface area (Å²) < 4.78 is 5.25. The van der Waals surface area contributed by atoms with Crippen LogP contribution in [0.5, 0.6) is 5.75 Å². The zero-order chi connectivity index (χ0) is 19.7. The molecule has 29 heavy (non-hydrogen) atoms. The molecule has 3 aromatic rings. The van der Waals surface area contributed by atoms with Crippen molar-refractivity contribution in [3.05, 3.63) is 106 Å². The summed E-state index contributed by atoms with van der Waals surface area (Å²) in [5, 5.41) is 11.3.